The summed E-state index contributed by atoms with van der Waals surface area (Å²) in [5.41, 5.74) is 2.37. The van der Waals surface area contributed by atoms with Crippen LogP contribution in [0.3, 0.4) is 0 Å². The smallest absolute Gasteiger partial charge is 0.227 e. The number of aromatic nitrogens is 3. The van der Waals surface area contributed by atoms with Crippen molar-refractivity contribution in [2.45, 2.75) is 44.8 Å². The fourth-order valence-corrected chi connectivity index (χ4v) is 4.95. The van der Waals surface area contributed by atoms with Gasteiger partial charge in [0.05, 0.1) is 12.1 Å². The van der Waals surface area contributed by atoms with E-state index >= 15 is 0 Å². The predicted octanol–water partition coefficient (Wildman–Crippen LogP) is 2.15. The Morgan fingerprint density at radius 1 is 1.17 bits per heavy atom. The molecule has 7 nitrogen and oxygen atoms in total. The number of carbonyl (C=O) groups excluding carboxylic acids is 1. The zero-order chi connectivity index (χ0) is 20.9. The molecule has 4 rings (SSSR count). The van der Waals surface area contributed by atoms with Crippen LogP contribution in [-0.2, 0) is 24.9 Å². The fourth-order valence-electron chi connectivity index (χ4n) is 4.95. The van der Waals surface area contributed by atoms with Crippen LogP contribution < -0.4 is 0 Å². The Labute approximate surface area is 179 Å². The molecule has 2 fully saturated rings. The van der Waals surface area contributed by atoms with E-state index in [1.807, 2.05) is 49.8 Å². The molecule has 7 heteroatoms. The van der Waals surface area contributed by atoms with Crippen LogP contribution in [0.5, 0.6) is 0 Å². The van der Waals surface area contributed by atoms with Crippen molar-refractivity contribution in [2.75, 3.05) is 33.2 Å². The van der Waals surface area contributed by atoms with Crippen molar-refractivity contribution in [3.8, 4) is 0 Å². The molecule has 2 saturated heterocycles. The molecule has 0 N–H and O–H groups in total. The number of hydrogen-bond donors (Lipinski definition) is 0. The first kappa shape index (κ1) is 21.0. The molecule has 2 aliphatic rings. The SMILES string of the molecule is CN(Cc1cnn(C)c1)C(=O)[C@@H]1CCCN(C2CCN(Cc3cccnc3)CC2)C1. The number of likely N-dealkylation sites (tertiary alicyclic amines) is 2. The summed E-state index contributed by atoms with van der Waals surface area (Å²) in [4.78, 5) is 24.3. The molecule has 0 unspecified atom stereocenters. The molecule has 0 radical (unpaired) electrons. The zero-order valence-electron chi connectivity index (χ0n) is 18.3. The standard InChI is InChI=1S/C23H34N6O/c1-26(15-20-14-25-27(2)16-20)23(30)21-6-4-10-29(18-21)22-7-11-28(12-8-22)17-19-5-3-9-24-13-19/h3,5,9,13-14,16,21-22H,4,6-8,10-12,15,17-18H2,1-2H3/t21-/m1/s1. The lowest BCUT2D eigenvalue weighted by molar-refractivity contribution is -0.137. The van der Waals surface area contributed by atoms with Gasteiger partial charge in [-0.15, -0.1) is 0 Å². The maximum Gasteiger partial charge on any atom is 0.227 e. The highest BCUT2D eigenvalue weighted by Crippen LogP contribution is 2.25. The Hall–Kier alpha value is -2.25. The maximum absolute atomic E-state index is 13.1. The molecule has 30 heavy (non-hydrogen) atoms. The van der Waals surface area contributed by atoms with Crippen molar-refractivity contribution in [3.05, 3.63) is 48.0 Å². The monoisotopic (exact) mass is 410 g/mol. The number of nitrogens with zero attached hydrogens (tertiary/aromatic N) is 6. The second-order valence-electron chi connectivity index (χ2n) is 8.92. The van der Waals surface area contributed by atoms with Crippen LogP contribution in [0, 0.1) is 5.92 Å². The second kappa shape index (κ2) is 9.71. The molecule has 4 heterocycles. The van der Waals surface area contributed by atoms with E-state index in [4.69, 9.17) is 0 Å². The largest absolute Gasteiger partial charge is 0.341 e. The van der Waals surface area contributed by atoms with Crippen molar-refractivity contribution >= 4 is 5.91 Å². The fraction of sp³-hybridized carbons (Fsp3) is 0.609. The summed E-state index contributed by atoms with van der Waals surface area (Å²) in [7, 11) is 3.83. The number of aryl methyl sites for hydroxylation is 1. The summed E-state index contributed by atoms with van der Waals surface area (Å²) >= 11 is 0. The van der Waals surface area contributed by atoms with Crippen LogP contribution in [0.25, 0.3) is 0 Å². The molecular formula is C23H34N6O. The number of hydrogen-bond acceptors (Lipinski definition) is 5. The van der Waals surface area contributed by atoms with Crippen molar-refractivity contribution in [2.24, 2.45) is 13.0 Å². The minimum absolute atomic E-state index is 0.119. The van der Waals surface area contributed by atoms with Crippen LogP contribution in [0.2, 0.25) is 0 Å². The van der Waals surface area contributed by atoms with Gasteiger partial charge in [0.2, 0.25) is 5.91 Å². The average molecular weight is 411 g/mol. The topological polar surface area (TPSA) is 57.5 Å². The highest BCUT2D eigenvalue weighted by Gasteiger charge is 2.32. The van der Waals surface area contributed by atoms with Gasteiger partial charge in [-0.3, -0.25) is 24.3 Å². The highest BCUT2D eigenvalue weighted by molar-refractivity contribution is 5.78. The third kappa shape index (κ3) is 5.26. The van der Waals surface area contributed by atoms with E-state index in [1.54, 1.807) is 4.68 Å². The molecule has 0 bridgehead atoms. The minimum atomic E-state index is 0.119. The lowest BCUT2D eigenvalue weighted by Crippen LogP contribution is -2.50. The molecule has 2 aromatic rings. The van der Waals surface area contributed by atoms with Crippen LogP contribution in [0.1, 0.15) is 36.8 Å². The first-order valence-electron chi connectivity index (χ1n) is 11.2. The van der Waals surface area contributed by atoms with Gasteiger partial charge in [0.15, 0.2) is 0 Å². The number of piperidine rings is 2. The molecule has 0 aromatic carbocycles. The molecule has 2 aromatic heterocycles. The van der Waals surface area contributed by atoms with Crippen LogP contribution >= 0.6 is 0 Å². The van der Waals surface area contributed by atoms with Crippen molar-refractivity contribution < 1.29 is 4.79 Å². The van der Waals surface area contributed by atoms with Gasteiger partial charge in [0.1, 0.15) is 0 Å². The lowest BCUT2D eigenvalue weighted by Gasteiger charge is -2.42. The van der Waals surface area contributed by atoms with Crippen LogP contribution in [0.4, 0.5) is 0 Å². The van der Waals surface area contributed by atoms with Gasteiger partial charge in [0.25, 0.3) is 0 Å². The molecular weight excluding hydrogens is 376 g/mol. The number of pyridine rings is 1. The van der Waals surface area contributed by atoms with Crippen LogP contribution in [-0.4, -0.2) is 74.6 Å². The molecule has 2 aliphatic heterocycles. The van der Waals surface area contributed by atoms with Crippen molar-refractivity contribution in [3.63, 3.8) is 0 Å². The van der Waals surface area contributed by atoms with E-state index in [9.17, 15) is 4.79 Å². The Morgan fingerprint density at radius 2 is 2.00 bits per heavy atom. The Kier molecular flexibility index (Phi) is 6.79. The van der Waals surface area contributed by atoms with E-state index < -0.39 is 0 Å². The lowest BCUT2D eigenvalue weighted by atomic mass is 9.92. The van der Waals surface area contributed by atoms with Gasteiger partial charge in [-0.05, 0) is 56.9 Å². The van der Waals surface area contributed by atoms with Gasteiger partial charge < -0.3 is 4.90 Å². The molecule has 1 amide bonds. The van der Waals surface area contributed by atoms with Gasteiger partial charge in [-0.1, -0.05) is 6.07 Å². The van der Waals surface area contributed by atoms with E-state index in [-0.39, 0.29) is 11.8 Å². The third-order valence-electron chi connectivity index (χ3n) is 6.56. The summed E-state index contributed by atoms with van der Waals surface area (Å²) in [6.45, 7) is 5.90. The van der Waals surface area contributed by atoms with Gasteiger partial charge in [-0.25, -0.2) is 0 Å². The van der Waals surface area contributed by atoms with E-state index in [0.29, 0.717) is 12.6 Å². The highest BCUT2D eigenvalue weighted by atomic mass is 16.2. The van der Waals surface area contributed by atoms with Crippen molar-refractivity contribution in [1.29, 1.82) is 0 Å². The number of carbonyl (C=O) groups is 1. The summed E-state index contributed by atoms with van der Waals surface area (Å²) in [6, 6.07) is 4.77. The van der Waals surface area contributed by atoms with Gasteiger partial charge in [-0.2, -0.15) is 5.10 Å². The van der Waals surface area contributed by atoms with Crippen LogP contribution in [0.15, 0.2) is 36.9 Å². The first-order chi connectivity index (χ1) is 14.6. The summed E-state index contributed by atoms with van der Waals surface area (Å²) in [5, 5.41) is 4.21. The third-order valence-corrected chi connectivity index (χ3v) is 6.56. The maximum atomic E-state index is 13.1. The van der Waals surface area contributed by atoms with E-state index in [1.165, 1.54) is 18.4 Å². The Bertz CT molecular complexity index is 814. The van der Waals surface area contributed by atoms with Crippen molar-refractivity contribution in [1.82, 2.24) is 29.5 Å². The van der Waals surface area contributed by atoms with E-state index in [2.05, 4.69) is 25.9 Å². The van der Waals surface area contributed by atoms with Gasteiger partial charge in [0, 0.05) is 63.9 Å². The number of amides is 1. The predicted molar refractivity (Wildman–Crippen MR) is 117 cm³/mol. The molecule has 0 saturated carbocycles. The molecule has 0 spiro atoms. The minimum Gasteiger partial charge on any atom is -0.341 e. The van der Waals surface area contributed by atoms with E-state index in [0.717, 1.165) is 51.1 Å². The quantitative estimate of drug-likeness (QED) is 0.730. The zero-order valence-corrected chi connectivity index (χ0v) is 18.3. The Morgan fingerprint density at radius 3 is 2.70 bits per heavy atom. The molecule has 162 valence electrons. The molecule has 1 atom stereocenters. The normalized spacial score (nSPS) is 21.6. The molecule has 0 aliphatic carbocycles. The first-order valence-corrected chi connectivity index (χ1v) is 11.2. The summed E-state index contributed by atoms with van der Waals surface area (Å²) < 4.78 is 1.79. The second-order valence-corrected chi connectivity index (χ2v) is 8.92. The average Bonchev–Trinajstić information content (AvgIpc) is 3.19. The Balaban J connectivity index is 1.26. The number of rotatable bonds is 6. The van der Waals surface area contributed by atoms with Gasteiger partial charge >= 0.3 is 0 Å². The summed E-state index contributed by atoms with van der Waals surface area (Å²) in [5.74, 6) is 0.395. The summed E-state index contributed by atoms with van der Waals surface area (Å²) in [6.07, 6.45) is 12.1.